The molecule has 1 aliphatic carbocycles. The van der Waals surface area contributed by atoms with E-state index < -0.39 is 5.97 Å². The van der Waals surface area contributed by atoms with Crippen molar-refractivity contribution >= 4 is 11.7 Å². The molecule has 0 bridgehead atoms. The Bertz CT molecular complexity index is 1280. The minimum absolute atomic E-state index is 0.167. The van der Waals surface area contributed by atoms with Crippen LogP contribution >= 0.6 is 0 Å². The number of carboxylic acid groups (broad SMARTS) is 1. The molecule has 5 heteroatoms. The van der Waals surface area contributed by atoms with E-state index >= 15 is 0 Å². The molecular weight excluding hydrogens is 472 g/mol. The lowest BCUT2D eigenvalue weighted by atomic mass is 9.69. The van der Waals surface area contributed by atoms with Crippen LogP contribution in [0.3, 0.4) is 0 Å². The third kappa shape index (κ3) is 5.04. The maximum atomic E-state index is 11.2. The number of benzene rings is 3. The normalized spacial score (nSPS) is 25.7. The highest BCUT2D eigenvalue weighted by atomic mass is 16.4. The summed E-state index contributed by atoms with van der Waals surface area (Å²) in [4.78, 5) is 15.8. The Hall–Kier alpha value is -3.31. The predicted molar refractivity (Wildman–Crippen MR) is 151 cm³/mol. The number of hydrogen-bond donors (Lipinski definition) is 2. The Labute approximate surface area is 225 Å². The number of carbonyl (C=O) groups is 1. The van der Waals surface area contributed by atoms with Crippen LogP contribution in [-0.2, 0) is 11.2 Å². The van der Waals surface area contributed by atoms with Crippen molar-refractivity contribution in [2.75, 3.05) is 37.6 Å². The number of carboxylic acids is 1. The number of nitrogens with zero attached hydrogens (tertiary/aromatic N) is 2. The number of aliphatic carboxylic acids is 1. The van der Waals surface area contributed by atoms with Gasteiger partial charge in [-0.3, -0.25) is 9.69 Å². The molecule has 1 spiro atoms. The van der Waals surface area contributed by atoms with Crippen LogP contribution in [-0.4, -0.2) is 53.8 Å². The molecule has 2 fully saturated rings. The molecule has 2 heterocycles. The molecule has 0 saturated carbocycles. The molecule has 2 aliphatic heterocycles. The molecule has 1 unspecified atom stereocenters. The van der Waals surface area contributed by atoms with E-state index in [2.05, 4.69) is 70.5 Å². The summed E-state index contributed by atoms with van der Waals surface area (Å²) in [6.07, 6.45) is 6.63. The number of anilines is 1. The molecule has 2 N–H and O–H groups in total. The number of aromatic hydroxyl groups is 1. The van der Waals surface area contributed by atoms with Crippen LogP contribution < -0.4 is 4.90 Å². The molecule has 198 valence electrons. The lowest BCUT2D eigenvalue weighted by Crippen LogP contribution is -2.32. The number of phenolic OH excluding ortho intramolecular Hbond substituents is 1. The van der Waals surface area contributed by atoms with Crippen LogP contribution in [0.15, 0.2) is 72.8 Å². The average Bonchev–Trinajstić information content (AvgIpc) is 3.19. The van der Waals surface area contributed by atoms with Gasteiger partial charge in [0.2, 0.25) is 0 Å². The molecule has 38 heavy (non-hydrogen) atoms. The quantitative estimate of drug-likeness (QED) is 0.439. The first-order valence-electron chi connectivity index (χ1n) is 14.2. The lowest BCUT2D eigenvalue weighted by molar-refractivity contribution is -0.138. The number of likely N-dealkylation sites (tertiary alicyclic amines) is 1. The average molecular weight is 511 g/mol. The standard InChI is InChI=1S/C33H38N2O3/c36-28-12-14-30-26(21-28)9-13-29(24-5-2-1-3-6-24)32(30)25-7-10-27(11-8-25)35-18-4-15-33(17-20-35)16-19-34(23-33)22-31(37)38/h1-3,5-8,10-12,14,21,29,32,36H,4,9,13,15-20,22-23H2,(H,37,38)/t29-,32+,33?/m1/s1. The van der Waals surface area contributed by atoms with Crippen LogP contribution in [0.5, 0.6) is 5.75 Å². The van der Waals surface area contributed by atoms with E-state index in [1.54, 1.807) is 0 Å². The topological polar surface area (TPSA) is 64.0 Å². The fraction of sp³-hybridized carbons (Fsp3) is 0.424. The zero-order valence-corrected chi connectivity index (χ0v) is 22.1. The predicted octanol–water partition coefficient (Wildman–Crippen LogP) is 6.02. The second-order valence-corrected chi connectivity index (χ2v) is 11.7. The molecule has 5 nitrogen and oxygen atoms in total. The molecule has 0 aromatic heterocycles. The summed E-state index contributed by atoms with van der Waals surface area (Å²) in [5.41, 5.74) is 6.86. The minimum atomic E-state index is -0.718. The first-order chi connectivity index (χ1) is 18.5. The van der Waals surface area contributed by atoms with Crippen molar-refractivity contribution < 1.29 is 15.0 Å². The number of fused-ring (bicyclic) bond motifs is 1. The maximum Gasteiger partial charge on any atom is 0.317 e. The lowest BCUT2D eigenvalue weighted by Gasteiger charge is -2.35. The third-order valence-electron chi connectivity index (χ3n) is 9.36. The molecule has 3 aliphatic rings. The van der Waals surface area contributed by atoms with Gasteiger partial charge in [-0.1, -0.05) is 48.5 Å². The van der Waals surface area contributed by atoms with Gasteiger partial charge in [-0.05, 0) is 103 Å². The summed E-state index contributed by atoms with van der Waals surface area (Å²) in [6, 6.07) is 26.0. The van der Waals surface area contributed by atoms with E-state index in [0.717, 1.165) is 58.3 Å². The van der Waals surface area contributed by atoms with E-state index in [1.807, 2.05) is 12.1 Å². The number of hydrogen-bond acceptors (Lipinski definition) is 4. The molecular formula is C33H38N2O3. The van der Waals surface area contributed by atoms with Crippen LogP contribution in [0.25, 0.3) is 0 Å². The van der Waals surface area contributed by atoms with Crippen molar-refractivity contribution in [3.63, 3.8) is 0 Å². The third-order valence-corrected chi connectivity index (χ3v) is 9.36. The summed E-state index contributed by atoms with van der Waals surface area (Å²) in [5.74, 6) is 0.308. The molecule has 3 atom stereocenters. The first kappa shape index (κ1) is 25.0. The van der Waals surface area contributed by atoms with Crippen LogP contribution in [0.2, 0.25) is 0 Å². The summed E-state index contributed by atoms with van der Waals surface area (Å²) in [7, 11) is 0. The fourth-order valence-corrected chi connectivity index (χ4v) is 7.44. The van der Waals surface area contributed by atoms with E-state index in [4.69, 9.17) is 0 Å². The van der Waals surface area contributed by atoms with E-state index in [-0.39, 0.29) is 17.9 Å². The van der Waals surface area contributed by atoms with Gasteiger partial charge in [0, 0.05) is 31.2 Å². The Morgan fingerprint density at radius 1 is 0.895 bits per heavy atom. The second-order valence-electron chi connectivity index (χ2n) is 11.7. The molecule has 0 radical (unpaired) electrons. The Kier molecular flexibility index (Phi) is 6.87. The number of aryl methyl sites for hydroxylation is 1. The van der Waals surface area contributed by atoms with Gasteiger partial charge in [0.25, 0.3) is 0 Å². The van der Waals surface area contributed by atoms with Crippen molar-refractivity contribution in [2.24, 2.45) is 5.41 Å². The summed E-state index contributed by atoms with van der Waals surface area (Å²) in [6.45, 7) is 4.07. The maximum absolute atomic E-state index is 11.2. The number of rotatable bonds is 5. The van der Waals surface area contributed by atoms with Gasteiger partial charge in [-0.2, -0.15) is 0 Å². The van der Waals surface area contributed by atoms with E-state index in [0.29, 0.717) is 11.7 Å². The number of phenols is 1. The molecule has 6 rings (SSSR count). The zero-order chi connectivity index (χ0) is 26.1. The van der Waals surface area contributed by atoms with Crippen molar-refractivity contribution in [1.82, 2.24) is 4.90 Å². The van der Waals surface area contributed by atoms with Gasteiger partial charge in [-0.15, -0.1) is 0 Å². The van der Waals surface area contributed by atoms with Crippen LogP contribution in [0.1, 0.15) is 66.2 Å². The smallest absolute Gasteiger partial charge is 0.317 e. The van der Waals surface area contributed by atoms with Crippen molar-refractivity contribution in [3.8, 4) is 5.75 Å². The van der Waals surface area contributed by atoms with Crippen LogP contribution in [0.4, 0.5) is 5.69 Å². The van der Waals surface area contributed by atoms with Gasteiger partial charge in [0.05, 0.1) is 6.54 Å². The highest BCUT2D eigenvalue weighted by Crippen LogP contribution is 2.47. The first-order valence-corrected chi connectivity index (χ1v) is 14.2. The highest BCUT2D eigenvalue weighted by Gasteiger charge is 2.39. The van der Waals surface area contributed by atoms with Crippen molar-refractivity contribution in [1.29, 1.82) is 0 Å². The van der Waals surface area contributed by atoms with Gasteiger partial charge < -0.3 is 15.1 Å². The molecule has 3 aromatic carbocycles. The minimum Gasteiger partial charge on any atom is -0.508 e. The molecule has 2 saturated heterocycles. The second kappa shape index (κ2) is 10.5. The summed E-state index contributed by atoms with van der Waals surface area (Å²) < 4.78 is 0. The van der Waals surface area contributed by atoms with E-state index in [9.17, 15) is 15.0 Å². The molecule has 3 aromatic rings. The zero-order valence-electron chi connectivity index (χ0n) is 22.1. The van der Waals surface area contributed by atoms with Crippen LogP contribution in [0, 0.1) is 5.41 Å². The summed E-state index contributed by atoms with van der Waals surface area (Å²) >= 11 is 0. The van der Waals surface area contributed by atoms with Crippen molar-refractivity contribution in [3.05, 3.63) is 95.1 Å². The SMILES string of the molecule is O=C(O)CN1CCC2(CCCN(c3ccc([C@@H]4c5ccc(O)cc5CC[C@@H]4c4ccccc4)cc3)CC2)C1. The highest BCUT2D eigenvalue weighted by molar-refractivity contribution is 5.69. The molecule has 0 amide bonds. The Balaban J connectivity index is 1.22. The largest absolute Gasteiger partial charge is 0.508 e. The van der Waals surface area contributed by atoms with Gasteiger partial charge in [0.1, 0.15) is 5.75 Å². The Morgan fingerprint density at radius 3 is 2.47 bits per heavy atom. The summed E-state index contributed by atoms with van der Waals surface area (Å²) in [5, 5.41) is 19.3. The van der Waals surface area contributed by atoms with Gasteiger partial charge >= 0.3 is 5.97 Å². The van der Waals surface area contributed by atoms with Crippen molar-refractivity contribution in [2.45, 2.75) is 50.4 Å². The Morgan fingerprint density at radius 2 is 1.68 bits per heavy atom. The monoisotopic (exact) mass is 510 g/mol. The van der Waals surface area contributed by atoms with Gasteiger partial charge in [-0.25, -0.2) is 0 Å². The fourth-order valence-electron chi connectivity index (χ4n) is 7.44. The van der Waals surface area contributed by atoms with E-state index in [1.165, 1.54) is 34.4 Å². The van der Waals surface area contributed by atoms with Gasteiger partial charge in [0.15, 0.2) is 0 Å².